The molecule has 0 fully saturated rings. The van der Waals surface area contributed by atoms with Crippen LogP contribution in [0.2, 0.25) is 0 Å². The predicted molar refractivity (Wildman–Crippen MR) is 58.3 cm³/mol. The Morgan fingerprint density at radius 2 is 2.24 bits per heavy atom. The molecule has 2 aromatic rings. The predicted octanol–water partition coefficient (Wildman–Crippen LogP) is 0.365. The van der Waals surface area contributed by atoms with Crippen LogP contribution in [0.5, 0.6) is 0 Å². The van der Waals surface area contributed by atoms with Crippen LogP contribution in [0.25, 0.3) is 0 Å². The van der Waals surface area contributed by atoms with E-state index in [-0.39, 0.29) is 17.7 Å². The zero-order valence-electron chi connectivity index (χ0n) is 9.38. The van der Waals surface area contributed by atoms with Gasteiger partial charge < -0.3 is 0 Å². The van der Waals surface area contributed by atoms with Crippen molar-refractivity contribution >= 4 is 11.9 Å². The fourth-order valence-corrected chi connectivity index (χ4v) is 1.10. The monoisotopic (exact) mass is 233 g/mol. The highest BCUT2D eigenvalue weighted by atomic mass is 16.2. The number of carbonyl (C=O) groups excluding carboxylic acids is 1. The minimum atomic E-state index is -0.471. The summed E-state index contributed by atoms with van der Waals surface area (Å²) in [7, 11) is 0. The van der Waals surface area contributed by atoms with Gasteiger partial charge in [-0.2, -0.15) is 5.10 Å². The summed E-state index contributed by atoms with van der Waals surface area (Å²) in [5, 5.41) is 16.2. The van der Waals surface area contributed by atoms with Gasteiger partial charge in [0.2, 0.25) is 11.8 Å². The lowest BCUT2D eigenvalue weighted by atomic mass is 10.2. The zero-order chi connectivity index (χ0) is 12.3. The van der Waals surface area contributed by atoms with Crippen molar-refractivity contribution in [1.82, 2.24) is 30.4 Å². The van der Waals surface area contributed by atoms with Crippen molar-refractivity contribution in [2.75, 3.05) is 5.32 Å². The molecular formula is C9H11N7O. The van der Waals surface area contributed by atoms with Gasteiger partial charge in [-0.25, -0.2) is 9.97 Å². The van der Waals surface area contributed by atoms with Gasteiger partial charge in [-0.3, -0.25) is 15.2 Å². The van der Waals surface area contributed by atoms with E-state index in [4.69, 9.17) is 0 Å². The minimum absolute atomic E-state index is 0.0566. The number of rotatable bonds is 3. The zero-order valence-corrected chi connectivity index (χ0v) is 9.38. The van der Waals surface area contributed by atoms with Crippen LogP contribution in [0, 0.1) is 0 Å². The molecule has 0 unspecified atom stereocenters. The summed E-state index contributed by atoms with van der Waals surface area (Å²) < 4.78 is 0. The number of hydrogen-bond donors (Lipinski definition) is 2. The van der Waals surface area contributed by atoms with Crippen molar-refractivity contribution in [3.05, 3.63) is 24.0 Å². The highest BCUT2D eigenvalue weighted by molar-refractivity contribution is 6.00. The van der Waals surface area contributed by atoms with E-state index < -0.39 is 5.91 Å². The Morgan fingerprint density at radius 1 is 1.41 bits per heavy atom. The van der Waals surface area contributed by atoms with E-state index in [1.54, 1.807) is 0 Å². The van der Waals surface area contributed by atoms with Crippen LogP contribution in [0.3, 0.4) is 0 Å². The van der Waals surface area contributed by atoms with Crippen LogP contribution in [0.1, 0.15) is 36.2 Å². The average molecular weight is 233 g/mol. The van der Waals surface area contributed by atoms with E-state index in [0.29, 0.717) is 5.82 Å². The fourth-order valence-electron chi connectivity index (χ4n) is 1.10. The lowest BCUT2D eigenvalue weighted by molar-refractivity contribution is 0.101. The third-order valence-electron chi connectivity index (χ3n) is 1.96. The lowest BCUT2D eigenvalue weighted by Gasteiger charge is -1.98. The van der Waals surface area contributed by atoms with Gasteiger partial charge >= 0.3 is 0 Å². The van der Waals surface area contributed by atoms with Gasteiger partial charge in [0.05, 0.1) is 12.4 Å². The molecule has 8 nitrogen and oxygen atoms in total. The van der Waals surface area contributed by atoms with Crippen LogP contribution in [-0.4, -0.2) is 36.3 Å². The van der Waals surface area contributed by atoms with E-state index in [1.165, 1.54) is 12.4 Å². The smallest absolute Gasteiger partial charge is 0.286 e. The van der Waals surface area contributed by atoms with Crippen molar-refractivity contribution in [1.29, 1.82) is 0 Å². The number of amides is 1. The number of carbonyl (C=O) groups is 1. The van der Waals surface area contributed by atoms with Crippen molar-refractivity contribution in [2.45, 2.75) is 19.8 Å². The van der Waals surface area contributed by atoms with Gasteiger partial charge in [-0.15, -0.1) is 10.2 Å². The molecule has 2 heterocycles. The molecule has 0 radical (unpaired) electrons. The van der Waals surface area contributed by atoms with Crippen LogP contribution < -0.4 is 5.32 Å². The normalized spacial score (nSPS) is 10.5. The van der Waals surface area contributed by atoms with Gasteiger partial charge in [0, 0.05) is 5.92 Å². The standard InChI is InChI=1S/C9H11N7O/c1-5(2)6-12-7(15-14-6)8(17)13-9-10-3-4-11-16-9/h3-5H,1-2H3,(H,12,14,15)(H,10,13,16,17). The molecule has 2 N–H and O–H groups in total. The Labute approximate surface area is 96.9 Å². The summed E-state index contributed by atoms with van der Waals surface area (Å²) in [6, 6.07) is 0. The van der Waals surface area contributed by atoms with Gasteiger partial charge in [-0.1, -0.05) is 13.8 Å². The number of hydrogen-bond acceptors (Lipinski definition) is 6. The second kappa shape index (κ2) is 4.64. The maximum absolute atomic E-state index is 11.7. The summed E-state index contributed by atoms with van der Waals surface area (Å²) in [4.78, 5) is 19.6. The summed E-state index contributed by atoms with van der Waals surface area (Å²) in [5.74, 6) is 0.539. The maximum Gasteiger partial charge on any atom is 0.297 e. The number of anilines is 1. The first-order valence-corrected chi connectivity index (χ1v) is 5.04. The molecular weight excluding hydrogens is 222 g/mol. The summed E-state index contributed by atoms with van der Waals surface area (Å²) in [6.45, 7) is 3.90. The largest absolute Gasteiger partial charge is 0.297 e. The Morgan fingerprint density at radius 3 is 2.82 bits per heavy atom. The minimum Gasteiger partial charge on any atom is -0.286 e. The number of aromatic amines is 1. The van der Waals surface area contributed by atoms with Crippen molar-refractivity contribution in [3.8, 4) is 0 Å². The van der Waals surface area contributed by atoms with Gasteiger partial charge in [0.25, 0.3) is 5.91 Å². The highest BCUT2D eigenvalue weighted by Crippen LogP contribution is 2.08. The van der Waals surface area contributed by atoms with E-state index in [2.05, 4.69) is 35.7 Å². The second-order valence-electron chi connectivity index (χ2n) is 3.62. The Hall–Kier alpha value is -2.38. The van der Waals surface area contributed by atoms with E-state index in [1.807, 2.05) is 13.8 Å². The van der Waals surface area contributed by atoms with Crippen molar-refractivity contribution in [2.24, 2.45) is 0 Å². The molecule has 0 bridgehead atoms. The average Bonchev–Trinajstić information content (AvgIpc) is 2.79. The lowest BCUT2D eigenvalue weighted by Crippen LogP contribution is -2.16. The molecule has 0 saturated heterocycles. The molecule has 0 aliphatic carbocycles. The quantitative estimate of drug-likeness (QED) is 0.792. The van der Waals surface area contributed by atoms with Crippen LogP contribution >= 0.6 is 0 Å². The molecule has 8 heteroatoms. The van der Waals surface area contributed by atoms with Gasteiger partial charge in [0.1, 0.15) is 5.82 Å². The number of nitrogens with zero attached hydrogens (tertiary/aromatic N) is 5. The first-order chi connectivity index (χ1) is 8.16. The Bertz CT molecular complexity index is 507. The number of nitrogens with one attached hydrogen (secondary N) is 2. The topological polar surface area (TPSA) is 109 Å². The summed E-state index contributed by atoms with van der Waals surface area (Å²) in [5.41, 5.74) is 0. The van der Waals surface area contributed by atoms with Crippen LogP contribution in [0.4, 0.5) is 5.95 Å². The molecule has 0 spiro atoms. The molecule has 88 valence electrons. The van der Waals surface area contributed by atoms with E-state index >= 15 is 0 Å². The van der Waals surface area contributed by atoms with Crippen LogP contribution in [0.15, 0.2) is 12.4 Å². The molecule has 17 heavy (non-hydrogen) atoms. The highest BCUT2D eigenvalue weighted by Gasteiger charge is 2.14. The third kappa shape index (κ3) is 2.60. The summed E-state index contributed by atoms with van der Waals surface area (Å²) >= 11 is 0. The molecule has 2 aromatic heterocycles. The fraction of sp³-hybridized carbons (Fsp3) is 0.333. The number of H-pyrrole nitrogens is 1. The molecule has 0 aliphatic heterocycles. The Kier molecular flexibility index (Phi) is 3.03. The molecule has 2 rings (SSSR count). The van der Waals surface area contributed by atoms with E-state index in [0.717, 1.165) is 0 Å². The maximum atomic E-state index is 11.7. The van der Waals surface area contributed by atoms with Gasteiger partial charge in [-0.05, 0) is 0 Å². The molecule has 0 atom stereocenters. The second-order valence-corrected chi connectivity index (χ2v) is 3.62. The first-order valence-electron chi connectivity index (χ1n) is 5.04. The van der Waals surface area contributed by atoms with Crippen LogP contribution in [-0.2, 0) is 0 Å². The molecule has 1 amide bonds. The number of aromatic nitrogens is 6. The van der Waals surface area contributed by atoms with Gasteiger partial charge in [0.15, 0.2) is 0 Å². The molecule has 0 aromatic carbocycles. The van der Waals surface area contributed by atoms with E-state index in [9.17, 15) is 4.79 Å². The molecule has 0 aliphatic rings. The van der Waals surface area contributed by atoms with Crippen molar-refractivity contribution < 1.29 is 4.79 Å². The molecule has 0 saturated carbocycles. The Balaban J connectivity index is 2.10. The third-order valence-corrected chi connectivity index (χ3v) is 1.96. The van der Waals surface area contributed by atoms with Crippen molar-refractivity contribution in [3.63, 3.8) is 0 Å². The first kappa shape index (κ1) is 11.1. The summed E-state index contributed by atoms with van der Waals surface area (Å²) in [6.07, 6.45) is 2.85. The SMILES string of the molecule is CC(C)c1nc(C(=O)Nc2nccnn2)n[nH]1.